The molecule has 0 aromatic carbocycles. The van der Waals surface area contributed by atoms with Gasteiger partial charge >= 0.3 is 0 Å². The van der Waals surface area contributed by atoms with Gasteiger partial charge in [0.05, 0.1) is 5.60 Å². The summed E-state index contributed by atoms with van der Waals surface area (Å²) in [5.41, 5.74) is -0.745. The third-order valence-electron chi connectivity index (χ3n) is 3.73. The van der Waals surface area contributed by atoms with Crippen molar-refractivity contribution in [1.82, 2.24) is 5.32 Å². The lowest BCUT2D eigenvalue weighted by Gasteiger charge is -2.28. The summed E-state index contributed by atoms with van der Waals surface area (Å²) in [7, 11) is 0. The summed E-state index contributed by atoms with van der Waals surface area (Å²) in [6.45, 7) is 12.8. The number of amides is 1. The largest absolute Gasteiger partial charge is 0.376 e. The first kappa shape index (κ1) is 20.1. The Morgan fingerprint density at radius 2 is 1.71 bits per heavy atom. The summed E-state index contributed by atoms with van der Waals surface area (Å²) in [6, 6.07) is 0. The molecule has 4 heteroatoms. The number of carbonyl (C=O) groups is 2. The Morgan fingerprint density at radius 3 is 2.24 bits per heavy atom. The molecule has 1 N–H and O–H groups in total. The number of hydrogen-bond acceptors (Lipinski definition) is 3. The minimum absolute atomic E-state index is 0.0843. The van der Waals surface area contributed by atoms with Crippen LogP contribution in [0.3, 0.4) is 0 Å². The molecule has 0 rings (SSSR count). The quantitative estimate of drug-likeness (QED) is 0.594. The van der Waals surface area contributed by atoms with Crippen LogP contribution < -0.4 is 5.32 Å². The molecule has 0 heterocycles. The van der Waals surface area contributed by atoms with Gasteiger partial charge in [0.2, 0.25) is 5.91 Å². The number of hydrogen-bond donors (Lipinski definition) is 1. The molecule has 0 spiro atoms. The van der Waals surface area contributed by atoms with E-state index in [-0.39, 0.29) is 17.3 Å². The molecule has 0 atom stereocenters. The predicted molar refractivity (Wildman–Crippen MR) is 86.3 cm³/mol. The van der Waals surface area contributed by atoms with Gasteiger partial charge in [0.1, 0.15) is 5.78 Å². The van der Waals surface area contributed by atoms with Crippen molar-refractivity contribution in [3.05, 3.63) is 0 Å². The maximum atomic E-state index is 12.1. The van der Waals surface area contributed by atoms with Crippen LogP contribution in [-0.2, 0) is 14.3 Å². The second-order valence-corrected chi connectivity index (χ2v) is 7.05. The van der Waals surface area contributed by atoms with Crippen molar-refractivity contribution < 1.29 is 14.3 Å². The van der Waals surface area contributed by atoms with Crippen LogP contribution in [0.1, 0.15) is 73.6 Å². The van der Waals surface area contributed by atoms with Gasteiger partial charge in [-0.1, -0.05) is 27.2 Å². The Bertz CT molecular complexity index is 335. The molecule has 4 nitrogen and oxygen atoms in total. The van der Waals surface area contributed by atoms with Crippen molar-refractivity contribution in [1.29, 1.82) is 0 Å². The zero-order valence-electron chi connectivity index (χ0n) is 14.7. The van der Waals surface area contributed by atoms with Gasteiger partial charge in [0.15, 0.2) is 0 Å². The third kappa shape index (κ3) is 9.62. The normalized spacial score (nSPS) is 12.3. The first-order chi connectivity index (χ1) is 9.60. The van der Waals surface area contributed by atoms with Crippen LogP contribution in [0, 0.1) is 5.41 Å². The fourth-order valence-electron chi connectivity index (χ4n) is 1.86. The minimum Gasteiger partial charge on any atom is -0.376 e. The van der Waals surface area contributed by atoms with Crippen molar-refractivity contribution in [3.8, 4) is 0 Å². The summed E-state index contributed by atoms with van der Waals surface area (Å²) >= 11 is 0. The van der Waals surface area contributed by atoms with Gasteiger partial charge in [0, 0.05) is 25.0 Å². The van der Waals surface area contributed by atoms with E-state index >= 15 is 0 Å². The molecule has 0 saturated carbocycles. The minimum atomic E-state index is -0.426. The van der Waals surface area contributed by atoms with E-state index in [2.05, 4.69) is 12.2 Å². The molecule has 0 saturated heterocycles. The number of Topliss-reactive ketones (excluding diaryl/α,β-unsaturated/α-hetero) is 1. The number of ketones is 1. The summed E-state index contributed by atoms with van der Waals surface area (Å²) in [5.74, 6) is 0.267. The standard InChI is InChI=1S/C17H33NO3/c1-7-8-12-18-15(20)16(3,4)11-13-21-17(5,6)10-9-14(2)19/h7-13H2,1-6H3,(H,18,20). The first-order valence-corrected chi connectivity index (χ1v) is 8.02. The van der Waals surface area contributed by atoms with Gasteiger partial charge in [-0.15, -0.1) is 0 Å². The molecule has 0 aliphatic carbocycles. The molecule has 124 valence electrons. The van der Waals surface area contributed by atoms with Gasteiger partial charge in [-0.25, -0.2) is 0 Å². The highest BCUT2D eigenvalue weighted by molar-refractivity contribution is 5.81. The van der Waals surface area contributed by atoms with Gasteiger partial charge in [-0.05, 0) is 40.0 Å². The van der Waals surface area contributed by atoms with Crippen molar-refractivity contribution in [2.45, 2.75) is 79.2 Å². The highest BCUT2D eigenvalue weighted by Crippen LogP contribution is 2.24. The summed E-state index contributed by atoms with van der Waals surface area (Å²) in [5, 5.41) is 2.97. The monoisotopic (exact) mass is 299 g/mol. The van der Waals surface area contributed by atoms with E-state index in [1.165, 1.54) is 0 Å². The number of unbranched alkanes of at least 4 members (excludes halogenated alkanes) is 1. The SMILES string of the molecule is CCCCNC(=O)C(C)(C)CCOC(C)(C)CCC(C)=O. The molecule has 0 bridgehead atoms. The third-order valence-corrected chi connectivity index (χ3v) is 3.73. The van der Waals surface area contributed by atoms with Crippen LogP contribution in [-0.4, -0.2) is 30.4 Å². The van der Waals surface area contributed by atoms with Crippen molar-refractivity contribution in [2.75, 3.05) is 13.2 Å². The summed E-state index contributed by atoms with van der Waals surface area (Å²) < 4.78 is 5.86. The first-order valence-electron chi connectivity index (χ1n) is 8.02. The van der Waals surface area contributed by atoms with E-state index < -0.39 is 5.41 Å². The number of rotatable bonds is 11. The molecule has 0 aliphatic heterocycles. The van der Waals surface area contributed by atoms with Crippen LogP contribution >= 0.6 is 0 Å². The zero-order chi connectivity index (χ0) is 16.5. The fourth-order valence-corrected chi connectivity index (χ4v) is 1.86. The zero-order valence-corrected chi connectivity index (χ0v) is 14.7. The lowest BCUT2D eigenvalue weighted by atomic mass is 9.88. The highest BCUT2D eigenvalue weighted by Gasteiger charge is 2.28. The molecule has 0 unspecified atom stereocenters. The Balaban J connectivity index is 4.12. The van der Waals surface area contributed by atoms with E-state index in [1.807, 2.05) is 27.7 Å². The molecule has 0 fully saturated rings. The molecule has 1 amide bonds. The van der Waals surface area contributed by atoms with Gasteiger partial charge < -0.3 is 14.8 Å². The van der Waals surface area contributed by atoms with Crippen LogP contribution in [0.25, 0.3) is 0 Å². The molecule has 0 aromatic rings. The molecular weight excluding hydrogens is 266 g/mol. The van der Waals surface area contributed by atoms with Gasteiger partial charge in [-0.2, -0.15) is 0 Å². The average molecular weight is 299 g/mol. The van der Waals surface area contributed by atoms with E-state index in [1.54, 1.807) is 6.92 Å². The van der Waals surface area contributed by atoms with Crippen LogP contribution in [0.2, 0.25) is 0 Å². The number of carbonyl (C=O) groups excluding carboxylic acids is 2. The lowest BCUT2D eigenvalue weighted by molar-refractivity contribution is -0.131. The van der Waals surface area contributed by atoms with Gasteiger partial charge in [0.25, 0.3) is 0 Å². The maximum Gasteiger partial charge on any atom is 0.225 e. The molecule has 0 aliphatic rings. The summed E-state index contributed by atoms with van der Waals surface area (Å²) in [6.07, 6.45) is 4.01. The average Bonchev–Trinajstić information content (AvgIpc) is 2.36. The molecular formula is C17H33NO3. The predicted octanol–water partition coefficient (Wildman–Crippen LogP) is 3.48. The number of nitrogens with one attached hydrogen (secondary N) is 1. The van der Waals surface area contributed by atoms with Crippen molar-refractivity contribution >= 4 is 11.7 Å². The number of ether oxygens (including phenoxy) is 1. The van der Waals surface area contributed by atoms with Crippen LogP contribution in [0.15, 0.2) is 0 Å². The molecule has 0 aromatic heterocycles. The Labute approximate surface area is 130 Å². The fraction of sp³-hybridized carbons (Fsp3) is 0.882. The maximum absolute atomic E-state index is 12.1. The lowest BCUT2D eigenvalue weighted by Crippen LogP contribution is -2.39. The summed E-state index contributed by atoms with van der Waals surface area (Å²) in [4.78, 5) is 23.1. The second kappa shape index (κ2) is 9.19. The van der Waals surface area contributed by atoms with Crippen molar-refractivity contribution in [3.63, 3.8) is 0 Å². The second-order valence-electron chi connectivity index (χ2n) is 7.05. The Kier molecular flexibility index (Phi) is 8.79. The Hall–Kier alpha value is -0.900. The van der Waals surface area contributed by atoms with Crippen LogP contribution in [0.4, 0.5) is 0 Å². The van der Waals surface area contributed by atoms with E-state index in [0.29, 0.717) is 25.9 Å². The highest BCUT2D eigenvalue weighted by atomic mass is 16.5. The smallest absolute Gasteiger partial charge is 0.225 e. The topological polar surface area (TPSA) is 55.4 Å². The molecule has 21 heavy (non-hydrogen) atoms. The van der Waals surface area contributed by atoms with E-state index in [0.717, 1.165) is 19.4 Å². The van der Waals surface area contributed by atoms with E-state index in [4.69, 9.17) is 4.74 Å². The van der Waals surface area contributed by atoms with Gasteiger partial charge in [-0.3, -0.25) is 4.79 Å². The van der Waals surface area contributed by atoms with Crippen LogP contribution in [0.5, 0.6) is 0 Å². The molecule has 0 radical (unpaired) electrons. The van der Waals surface area contributed by atoms with Crippen molar-refractivity contribution in [2.24, 2.45) is 5.41 Å². The van der Waals surface area contributed by atoms with E-state index in [9.17, 15) is 9.59 Å². The Morgan fingerprint density at radius 1 is 1.10 bits per heavy atom.